The van der Waals surface area contributed by atoms with E-state index in [1.54, 1.807) is 0 Å². The Morgan fingerprint density at radius 2 is 2.00 bits per heavy atom. The molecule has 1 aromatic carbocycles. The summed E-state index contributed by atoms with van der Waals surface area (Å²) in [7, 11) is 1.16. The number of benzene rings is 1. The van der Waals surface area contributed by atoms with Crippen molar-refractivity contribution >= 4 is 35.0 Å². The summed E-state index contributed by atoms with van der Waals surface area (Å²) >= 11 is 5.78. The van der Waals surface area contributed by atoms with Gasteiger partial charge in [-0.05, 0) is 30.3 Å². The lowest BCUT2D eigenvalue weighted by Crippen LogP contribution is -2.15. The number of pyridine rings is 1. The summed E-state index contributed by atoms with van der Waals surface area (Å²) in [4.78, 5) is 27.0. The Morgan fingerprint density at radius 1 is 1.23 bits per heavy atom. The maximum atomic E-state index is 13.6. The van der Waals surface area contributed by atoms with Gasteiger partial charge in [-0.25, -0.2) is 9.18 Å². The van der Waals surface area contributed by atoms with Crippen LogP contribution in [0.1, 0.15) is 10.5 Å². The summed E-state index contributed by atoms with van der Waals surface area (Å²) in [5.41, 5.74) is 0.266. The summed E-state index contributed by atoms with van der Waals surface area (Å²) in [5.74, 6) is -1.18. The number of anilines is 2. The largest absolute Gasteiger partial charge is 0.453 e. The average molecular weight is 324 g/mol. The zero-order chi connectivity index (χ0) is 16.1. The van der Waals surface area contributed by atoms with Crippen LogP contribution in [0.15, 0.2) is 36.5 Å². The smallest absolute Gasteiger partial charge is 0.411 e. The van der Waals surface area contributed by atoms with E-state index in [0.29, 0.717) is 5.02 Å². The number of carbonyl (C=O) groups is 2. The van der Waals surface area contributed by atoms with Crippen molar-refractivity contribution < 1.29 is 18.7 Å². The third-order valence-electron chi connectivity index (χ3n) is 2.60. The van der Waals surface area contributed by atoms with Crippen molar-refractivity contribution in [3.63, 3.8) is 0 Å². The lowest BCUT2D eigenvalue weighted by atomic mass is 10.2. The Morgan fingerprint density at radius 3 is 2.68 bits per heavy atom. The molecule has 0 fully saturated rings. The van der Waals surface area contributed by atoms with E-state index in [9.17, 15) is 14.0 Å². The van der Waals surface area contributed by atoms with Gasteiger partial charge in [0.05, 0.1) is 12.8 Å². The highest BCUT2D eigenvalue weighted by molar-refractivity contribution is 6.30. The number of aromatic nitrogens is 1. The van der Waals surface area contributed by atoms with E-state index < -0.39 is 17.8 Å². The molecule has 0 bridgehead atoms. The molecule has 0 unspecified atom stereocenters. The zero-order valence-electron chi connectivity index (χ0n) is 11.4. The summed E-state index contributed by atoms with van der Waals surface area (Å²) in [5, 5.41) is 5.09. The number of nitrogens with zero attached hydrogens (tertiary/aromatic N) is 1. The van der Waals surface area contributed by atoms with Gasteiger partial charge < -0.3 is 10.1 Å². The highest BCUT2D eigenvalue weighted by Gasteiger charge is 2.11. The molecular formula is C14H11ClFN3O3. The van der Waals surface area contributed by atoms with Gasteiger partial charge in [-0.1, -0.05) is 11.6 Å². The number of amides is 2. The highest BCUT2D eigenvalue weighted by atomic mass is 35.5. The topological polar surface area (TPSA) is 80.3 Å². The fourth-order valence-corrected chi connectivity index (χ4v) is 1.74. The molecule has 0 aliphatic rings. The van der Waals surface area contributed by atoms with Gasteiger partial charge in [0, 0.05) is 16.9 Å². The molecule has 1 heterocycles. The number of hydrogen-bond donors (Lipinski definition) is 2. The van der Waals surface area contributed by atoms with Crippen molar-refractivity contribution in [1.29, 1.82) is 0 Å². The van der Waals surface area contributed by atoms with Crippen molar-refractivity contribution in [2.75, 3.05) is 17.7 Å². The Bertz CT molecular complexity index is 724. The van der Waals surface area contributed by atoms with Crippen LogP contribution in [0.25, 0.3) is 0 Å². The lowest BCUT2D eigenvalue weighted by molar-refractivity contribution is 0.102. The van der Waals surface area contributed by atoms with Crippen LogP contribution in [-0.4, -0.2) is 24.1 Å². The Labute approximate surface area is 130 Å². The first-order valence-corrected chi connectivity index (χ1v) is 6.45. The molecule has 8 heteroatoms. The summed E-state index contributed by atoms with van der Waals surface area (Å²) < 4.78 is 18.0. The van der Waals surface area contributed by atoms with Gasteiger partial charge in [0.25, 0.3) is 5.91 Å². The van der Waals surface area contributed by atoms with Crippen LogP contribution in [0.5, 0.6) is 0 Å². The first-order valence-electron chi connectivity index (χ1n) is 6.07. The lowest BCUT2D eigenvalue weighted by Gasteiger charge is -2.09. The molecule has 114 valence electrons. The Hall–Kier alpha value is -2.67. The SMILES string of the molecule is COC(=O)Nc1cc(NC(=O)c2cc(Cl)ccn2)ccc1F. The number of halogens is 2. The van der Waals surface area contributed by atoms with Gasteiger partial charge >= 0.3 is 6.09 Å². The maximum absolute atomic E-state index is 13.6. The van der Waals surface area contributed by atoms with Crippen LogP contribution in [0.2, 0.25) is 5.02 Å². The quantitative estimate of drug-likeness (QED) is 0.908. The maximum Gasteiger partial charge on any atom is 0.411 e. The predicted octanol–water partition coefficient (Wildman–Crippen LogP) is 3.30. The zero-order valence-corrected chi connectivity index (χ0v) is 12.1. The second kappa shape index (κ2) is 6.86. The number of nitrogens with one attached hydrogen (secondary N) is 2. The summed E-state index contributed by atoms with van der Waals surface area (Å²) in [6.45, 7) is 0. The normalized spacial score (nSPS) is 9.95. The molecule has 2 N–H and O–H groups in total. The molecule has 2 amide bonds. The van der Waals surface area contributed by atoms with Crippen LogP contribution >= 0.6 is 11.6 Å². The molecule has 2 rings (SSSR count). The first kappa shape index (κ1) is 15.7. The number of rotatable bonds is 3. The van der Waals surface area contributed by atoms with Crippen molar-refractivity contribution in [1.82, 2.24) is 4.98 Å². The monoisotopic (exact) mass is 323 g/mol. The molecule has 1 aromatic heterocycles. The molecule has 0 aliphatic heterocycles. The third-order valence-corrected chi connectivity index (χ3v) is 2.84. The summed E-state index contributed by atoms with van der Waals surface area (Å²) in [6, 6.07) is 6.64. The van der Waals surface area contributed by atoms with Crippen molar-refractivity contribution in [3.8, 4) is 0 Å². The van der Waals surface area contributed by atoms with E-state index >= 15 is 0 Å². The molecule has 0 atom stereocenters. The van der Waals surface area contributed by atoms with Gasteiger partial charge in [-0.15, -0.1) is 0 Å². The van der Waals surface area contributed by atoms with E-state index in [1.165, 1.54) is 30.5 Å². The number of carbonyl (C=O) groups excluding carboxylic acids is 2. The summed E-state index contributed by atoms with van der Waals surface area (Å²) in [6.07, 6.45) is 0.575. The van der Waals surface area contributed by atoms with Crippen LogP contribution in [0, 0.1) is 5.82 Å². The van der Waals surface area contributed by atoms with E-state index in [2.05, 4.69) is 20.4 Å². The van der Waals surface area contributed by atoms with Crippen molar-refractivity contribution in [2.24, 2.45) is 0 Å². The second-order valence-electron chi connectivity index (χ2n) is 4.12. The van der Waals surface area contributed by atoms with Gasteiger partial charge in [-0.2, -0.15) is 0 Å². The standard InChI is InChI=1S/C14H11ClFN3O3/c1-22-14(21)19-11-7-9(2-3-10(11)16)18-13(20)12-6-8(15)4-5-17-12/h2-7H,1H3,(H,18,20)(H,19,21). The van der Waals surface area contributed by atoms with E-state index in [1.807, 2.05) is 0 Å². The highest BCUT2D eigenvalue weighted by Crippen LogP contribution is 2.20. The predicted molar refractivity (Wildman–Crippen MR) is 79.6 cm³/mol. The van der Waals surface area contributed by atoms with Crippen LogP contribution in [0.4, 0.5) is 20.6 Å². The molecule has 0 saturated heterocycles. The first-order chi connectivity index (χ1) is 10.5. The molecule has 2 aromatic rings. The Kier molecular flexibility index (Phi) is 4.90. The van der Waals surface area contributed by atoms with Gasteiger partial charge in [-0.3, -0.25) is 15.1 Å². The van der Waals surface area contributed by atoms with Crippen LogP contribution in [0.3, 0.4) is 0 Å². The van der Waals surface area contributed by atoms with Gasteiger partial charge in [0.2, 0.25) is 0 Å². The van der Waals surface area contributed by atoms with Gasteiger partial charge in [0.15, 0.2) is 0 Å². The van der Waals surface area contributed by atoms with E-state index in [4.69, 9.17) is 11.6 Å². The van der Waals surface area contributed by atoms with E-state index in [-0.39, 0.29) is 17.1 Å². The molecule has 0 spiro atoms. The minimum Gasteiger partial charge on any atom is -0.453 e. The molecule has 0 radical (unpaired) electrons. The van der Waals surface area contributed by atoms with Crippen LogP contribution < -0.4 is 10.6 Å². The third kappa shape index (κ3) is 3.92. The fraction of sp³-hybridized carbons (Fsp3) is 0.0714. The molecule has 22 heavy (non-hydrogen) atoms. The van der Waals surface area contributed by atoms with Crippen molar-refractivity contribution in [2.45, 2.75) is 0 Å². The minimum absolute atomic E-state index is 0.110. The average Bonchev–Trinajstić information content (AvgIpc) is 2.50. The Balaban J connectivity index is 2.17. The second-order valence-corrected chi connectivity index (χ2v) is 4.56. The number of methoxy groups -OCH3 is 1. The number of hydrogen-bond acceptors (Lipinski definition) is 4. The molecule has 0 saturated carbocycles. The molecule has 0 aliphatic carbocycles. The fourth-order valence-electron chi connectivity index (χ4n) is 1.58. The molecule has 6 nitrogen and oxygen atoms in total. The van der Waals surface area contributed by atoms with Crippen molar-refractivity contribution in [3.05, 3.63) is 53.1 Å². The van der Waals surface area contributed by atoms with Crippen LogP contribution in [-0.2, 0) is 4.74 Å². The molecular weight excluding hydrogens is 313 g/mol. The minimum atomic E-state index is -0.820. The number of ether oxygens (including phenoxy) is 1. The van der Waals surface area contributed by atoms with Gasteiger partial charge in [0.1, 0.15) is 11.5 Å². The van der Waals surface area contributed by atoms with E-state index in [0.717, 1.165) is 13.2 Å².